The average molecular weight is 338 g/mol. The van der Waals surface area contributed by atoms with Gasteiger partial charge in [-0.2, -0.15) is 0 Å². The van der Waals surface area contributed by atoms with Crippen LogP contribution in [0, 0.1) is 6.92 Å². The standard InChI is InChI=1S/C19H18N2O2S/c1-13-7-9-15(10-8-13)20-18(22)12-21(2)19(23)17-11-14-5-3-4-6-16(14)24-17/h3-11H,12H2,1-2H3,(H,20,22). The molecule has 0 aliphatic rings. The molecule has 5 heteroatoms. The molecule has 4 nitrogen and oxygen atoms in total. The average Bonchev–Trinajstić information content (AvgIpc) is 3.00. The van der Waals surface area contributed by atoms with E-state index in [1.807, 2.05) is 61.5 Å². The number of likely N-dealkylation sites (N-methyl/N-ethyl adjacent to an activating group) is 1. The van der Waals surface area contributed by atoms with Gasteiger partial charge in [0.25, 0.3) is 5.91 Å². The van der Waals surface area contributed by atoms with Crippen LogP contribution in [-0.2, 0) is 4.79 Å². The largest absolute Gasteiger partial charge is 0.332 e. The number of hydrogen-bond acceptors (Lipinski definition) is 3. The third-order valence-electron chi connectivity index (χ3n) is 3.70. The van der Waals surface area contributed by atoms with E-state index in [0.717, 1.165) is 21.3 Å². The molecule has 0 bridgehead atoms. The maximum atomic E-state index is 12.5. The molecule has 3 aromatic rings. The highest BCUT2D eigenvalue weighted by Crippen LogP contribution is 2.26. The maximum Gasteiger partial charge on any atom is 0.264 e. The Hall–Kier alpha value is -2.66. The fraction of sp³-hybridized carbons (Fsp3) is 0.158. The van der Waals surface area contributed by atoms with Crippen molar-refractivity contribution in [3.63, 3.8) is 0 Å². The molecule has 0 atom stereocenters. The lowest BCUT2D eigenvalue weighted by Gasteiger charge is -2.16. The second-order valence-corrected chi connectivity index (χ2v) is 6.81. The molecule has 3 rings (SSSR count). The van der Waals surface area contributed by atoms with Gasteiger partial charge in [0.2, 0.25) is 5.91 Å². The third kappa shape index (κ3) is 3.63. The van der Waals surface area contributed by atoms with Gasteiger partial charge in [0, 0.05) is 17.4 Å². The number of aryl methyl sites for hydroxylation is 1. The minimum Gasteiger partial charge on any atom is -0.332 e. The zero-order chi connectivity index (χ0) is 17.1. The van der Waals surface area contributed by atoms with Crippen LogP contribution in [0.25, 0.3) is 10.1 Å². The molecule has 1 aromatic heterocycles. The van der Waals surface area contributed by atoms with Gasteiger partial charge in [0.1, 0.15) is 0 Å². The predicted octanol–water partition coefficient (Wildman–Crippen LogP) is 3.92. The van der Waals surface area contributed by atoms with E-state index in [0.29, 0.717) is 4.88 Å². The van der Waals surface area contributed by atoms with Crippen molar-refractivity contribution in [1.82, 2.24) is 4.90 Å². The van der Waals surface area contributed by atoms with E-state index in [1.165, 1.54) is 16.2 Å². The predicted molar refractivity (Wildman–Crippen MR) is 98.6 cm³/mol. The summed E-state index contributed by atoms with van der Waals surface area (Å²) in [5.74, 6) is -0.355. The summed E-state index contributed by atoms with van der Waals surface area (Å²) in [5, 5.41) is 3.85. The lowest BCUT2D eigenvalue weighted by molar-refractivity contribution is -0.116. The zero-order valence-corrected chi connectivity index (χ0v) is 14.4. The van der Waals surface area contributed by atoms with Crippen LogP contribution in [-0.4, -0.2) is 30.3 Å². The van der Waals surface area contributed by atoms with Crippen molar-refractivity contribution in [2.24, 2.45) is 0 Å². The van der Waals surface area contributed by atoms with E-state index in [9.17, 15) is 9.59 Å². The number of fused-ring (bicyclic) bond motifs is 1. The maximum absolute atomic E-state index is 12.5. The fourth-order valence-corrected chi connectivity index (χ4v) is 3.46. The molecule has 24 heavy (non-hydrogen) atoms. The van der Waals surface area contributed by atoms with Crippen LogP contribution in [0.5, 0.6) is 0 Å². The van der Waals surface area contributed by atoms with Gasteiger partial charge in [0.05, 0.1) is 11.4 Å². The zero-order valence-electron chi connectivity index (χ0n) is 13.6. The Morgan fingerprint density at radius 1 is 1.08 bits per heavy atom. The molecule has 0 saturated carbocycles. The van der Waals surface area contributed by atoms with Gasteiger partial charge in [-0.05, 0) is 36.6 Å². The van der Waals surface area contributed by atoms with Crippen molar-refractivity contribution >= 4 is 38.9 Å². The quantitative estimate of drug-likeness (QED) is 0.784. The first-order chi connectivity index (χ1) is 11.5. The topological polar surface area (TPSA) is 49.4 Å². The molecule has 1 N–H and O–H groups in total. The highest BCUT2D eigenvalue weighted by Gasteiger charge is 2.17. The molecule has 0 fully saturated rings. The van der Waals surface area contributed by atoms with E-state index in [4.69, 9.17) is 0 Å². The summed E-state index contributed by atoms with van der Waals surface area (Å²) in [4.78, 5) is 26.7. The minimum atomic E-state index is -0.212. The number of benzene rings is 2. The van der Waals surface area contributed by atoms with E-state index < -0.39 is 0 Å². The number of nitrogens with zero attached hydrogens (tertiary/aromatic N) is 1. The second-order valence-electron chi connectivity index (χ2n) is 5.72. The van der Waals surface area contributed by atoms with Crippen molar-refractivity contribution < 1.29 is 9.59 Å². The summed E-state index contributed by atoms with van der Waals surface area (Å²) in [6.45, 7) is 2.00. The number of anilines is 1. The summed E-state index contributed by atoms with van der Waals surface area (Å²) in [6, 6.07) is 17.3. The third-order valence-corrected chi connectivity index (χ3v) is 4.80. The second kappa shape index (κ2) is 6.84. The molecule has 0 aliphatic carbocycles. The summed E-state index contributed by atoms with van der Waals surface area (Å²) < 4.78 is 1.07. The molecule has 0 unspecified atom stereocenters. The van der Waals surface area contributed by atoms with Crippen LogP contribution < -0.4 is 5.32 Å². The number of amides is 2. The Labute approximate surface area is 144 Å². The monoisotopic (exact) mass is 338 g/mol. The van der Waals surface area contributed by atoms with E-state index in [1.54, 1.807) is 7.05 Å². The van der Waals surface area contributed by atoms with Crippen molar-refractivity contribution in [2.75, 3.05) is 18.9 Å². The van der Waals surface area contributed by atoms with Gasteiger partial charge in [-0.15, -0.1) is 11.3 Å². The number of nitrogens with one attached hydrogen (secondary N) is 1. The van der Waals surface area contributed by atoms with Gasteiger partial charge in [-0.25, -0.2) is 0 Å². The van der Waals surface area contributed by atoms with Crippen molar-refractivity contribution in [2.45, 2.75) is 6.92 Å². The SMILES string of the molecule is Cc1ccc(NC(=O)CN(C)C(=O)c2cc3ccccc3s2)cc1. The first-order valence-corrected chi connectivity index (χ1v) is 8.45. The van der Waals surface area contributed by atoms with Crippen LogP contribution in [0.15, 0.2) is 54.6 Å². The number of carbonyl (C=O) groups excluding carboxylic acids is 2. The lowest BCUT2D eigenvalue weighted by atomic mass is 10.2. The first-order valence-electron chi connectivity index (χ1n) is 7.63. The number of rotatable bonds is 4. The molecule has 2 amide bonds. The highest BCUT2D eigenvalue weighted by atomic mass is 32.1. The molecule has 0 saturated heterocycles. The molecule has 1 heterocycles. The van der Waals surface area contributed by atoms with Gasteiger partial charge in [0.15, 0.2) is 0 Å². The molecule has 0 radical (unpaired) electrons. The van der Waals surface area contributed by atoms with Gasteiger partial charge >= 0.3 is 0 Å². The minimum absolute atomic E-state index is 0.0148. The van der Waals surface area contributed by atoms with Crippen LogP contribution in [0.1, 0.15) is 15.2 Å². The van der Waals surface area contributed by atoms with E-state index >= 15 is 0 Å². The van der Waals surface area contributed by atoms with E-state index in [2.05, 4.69) is 5.32 Å². The van der Waals surface area contributed by atoms with Gasteiger partial charge in [-0.1, -0.05) is 35.9 Å². The summed E-state index contributed by atoms with van der Waals surface area (Å²) in [6.07, 6.45) is 0. The number of hydrogen-bond donors (Lipinski definition) is 1. The Bertz CT molecular complexity index is 851. The van der Waals surface area contributed by atoms with Gasteiger partial charge in [-0.3, -0.25) is 9.59 Å². The molecule has 2 aromatic carbocycles. The summed E-state index contributed by atoms with van der Waals surface area (Å²) >= 11 is 1.44. The highest BCUT2D eigenvalue weighted by molar-refractivity contribution is 7.20. The Morgan fingerprint density at radius 3 is 2.50 bits per heavy atom. The molecule has 0 spiro atoms. The fourth-order valence-electron chi connectivity index (χ4n) is 2.40. The molecular formula is C19H18N2O2S. The lowest BCUT2D eigenvalue weighted by Crippen LogP contribution is -2.34. The van der Waals surface area contributed by atoms with Crippen LogP contribution in [0.3, 0.4) is 0 Å². The normalized spacial score (nSPS) is 10.6. The van der Waals surface area contributed by atoms with E-state index in [-0.39, 0.29) is 18.4 Å². The van der Waals surface area contributed by atoms with Crippen LogP contribution in [0.4, 0.5) is 5.69 Å². The van der Waals surface area contributed by atoms with Crippen molar-refractivity contribution in [3.05, 3.63) is 65.0 Å². The number of thiophene rings is 1. The van der Waals surface area contributed by atoms with Crippen molar-refractivity contribution in [3.8, 4) is 0 Å². The Kier molecular flexibility index (Phi) is 4.62. The Morgan fingerprint density at radius 2 is 1.79 bits per heavy atom. The Balaban J connectivity index is 1.64. The van der Waals surface area contributed by atoms with Crippen LogP contribution in [0.2, 0.25) is 0 Å². The van der Waals surface area contributed by atoms with Gasteiger partial charge < -0.3 is 10.2 Å². The van der Waals surface area contributed by atoms with Crippen molar-refractivity contribution in [1.29, 1.82) is 0 Å². The smallest absolute Gasteiger partial charge is 0.264 e. The van der Waals surface area contributed by atoms with Crippen LogP contribution >= 0.6 is 11.3 Å². The molecular weight excluding hydrogens is 320 g/mol. The number of carbonyl (C=O) groups is 2. The summed E-state index contributed by atoms with van der Waals surface area (Å²) in [5.41, 5.74) is 1.86. The first kappa shape index (κ1) is 16.2. The molecule has 0 aliphatic heterocycles. The molecule has 122 valence electrons. The summed E-state index contributed by atoms with van der Waals surface area (Å²) in [7, 11) is 1.64.